The third kappa shape index (κ3) is 3.77. The summed E-state index contributed by atoms with van der Waals surface area (Å²) in [5, 5.41) is 10.8. The monoisotopic (exact) mass is 352 g/mol. The predicted octanol–water partition coefficient (Wildman–Crippen LogP) is 5.29. The van der Waals surface area contributed by atoms with Gasteiger partial charge in [0.05, 0.1) is 12.0 Å². The Hall–Kier alpha value is -0.530. The Morgan fingerprint density at radius 2 is 2.15 bits per heavy atom. The third-order valence-corrected chi connectivity index (χ3v) is 6.44. The van der Waals surface area contributed by atoms with E-state index < -0.39 is 0 Å². The topological polar surface area (TPSA) is 36.7 Å². The average Bonchev–Trinajstić information content (AvgIpc) is 2.40. The molecule has 3 unspecified atom stereocenters. The normalized spacial score (nSPS) is 27.1. The van der Waals surface area contributed by atoms with E-state index in [1.54, 1.807) is 11.8 Å². The molecule has 2 rings (SSSR count). The van der Waals surface area contributed by atoms with Crippen LogP contribution < -0.4 is 0 Å². The van der Waals surface area contributed by atoms with E-state index >= 15 is 0 Å². The SMILES string of the molecule is CC(C)(C)C1CCC(C#N)C(Sc2ncccc2Br)C1. The van der Waals surface area contributed by atoms with Crippen LogP contribution in [0.3, 0.4) is 0 Å². The van der Waals surface area contributed by atoms with Crippen LogP contribution in [0.15, 0.2) is 27.8 Å². The molecule has 0 spiro atoms. The number of thioether (sulfide) groups is 1. The number of pyridine rings is 1. The smallest absolute Gasteiger partial charge is 0.110 e. The molecule has 0 amide bonds. The van der Waals surface area contributed by atoms with Crippen LogP contribution >= 0.6 is 27.7 Å². The van der Waals surface area contributed by atoms with Gasteiger partial charge in [-0.25, -0.2) is 4.98 Å². The first-order chi connectivity index (χ1) is 9.41. The van der Waals surface area contributed by atoms with E-state index in [1.807, 2.05) is 18.3 Å². The van der Waals surface area contributed by atoms with E-state index in [0.29, 0.717) is 16.6 Å². The minimum Gasteiger partial charge on any atom is -0.249 e. The van der Waals surface area contributed by atoms with Crippen molar-refractivity contribution in [3.63, 3.8) is 0 Å². The molecule has 3 atom stereocenters. The highest BCUT2D eigenvalue weighted by molar-refractivity contribution is 9.10. The molecular formula is C16H21BrN2S. The van der Waals surface area contributed by atoms with Crippen molar-refractivity contribution in [2.24, 2.45) is 17.3 Å². The summed E-state index contributed by atoms with van der Waals surface area (Å²) in [7, 11) is 0. The molecule has 0 aromatic carbocycles. The van der Waals surface area contributed by atoms with Gasteiger partial charge >= 0.3 is 0 Å². The first kappa shape index (κ1) is 15.9. The van der Waals surface area contributed by atoms with Crippen molar-refractivity contribution in [2.45, 2.75) is 50.3 Å². The van der Waals surface area contributed by atoms with Gasteiger partial charge in [-0.1, -0.05) is 20.8 Å². The van der Waals surface area contributed by atoms with Crippen molar-refractivity contribution in [2.75, 3.05) is 0 Å². The zero-order valence-corrected chi connectivity index (χ0v) is 14.7. The Bertz CT molecular complexity index is 504. The molecule has 1 aliphatic carbocycles. The first-order valence-corrected chi connectivity index (χ1v) is 8.76. The van der Waals surface area contributed by atoms with E-state index in [9.17, 15) is 5.26 Å². The third-order valence-electron chi connectivity index (χ3n) is 4.17. The van der Waals surface area contributed by atoms with Crippen molar-refractivity contribution in [1.82, 2.24) is 4.98 Å². The maximum absolute atomic E-state index is 9.40. The fraction of sp³-hybridized carbons (Fsp3) is 0.625. The van der Waals surface area contributed by atoms with Crippen molar-refractivity contribution in [1.29, 1.82) is 5.26 Å². The molecule has 4 heteroatoms. The number of hydrogen-bond acceptors (Lipinski definition) is 3. The number of hydrogen-bond donors (Lipinski definition) is 0. The number of aromatic nitrogens is 1. The highest BCUT2D eigenvalue weighted by Gasteiger charge is 2.36. The molecule has 0 aliphatic heterocycles. The van der Waals surface area contributed by atoms with Gasteiger partial charge in [0, 0.05) is 15.9 Å². The minimum absolute atomic E-state index is 0.146. The fourth-order valence-electron chi connectivity index (χ4n) is 2.79. The van der Waals surface area contributed by atoms with Gasteiger partial charge in [-0.3, -0.25) is 0 Å². The molecule has 1 saturated carbocycles. The van der Waals surface area contributed by atoms with Crippen molar-refractivity contribution in [3.8, 4) is 6.07 Å². The minimum atomic E-state index is 0.146. The summed E-state index contributed by atoms with van der Waals surface area (Å²) in [5.41, 5.74) is 0.320. The van der Waals surface area contributed by atoms with Gasteiger partial charge in [-0.15, -0.1) is 11.8 Å². The highest BCUT2D eigenvalue weighted by atomic mass is 79.9. The number of halogens is 1. The van der Waals surface area contributed by atoms with Gasteiger partial charge in [0.1, 0.15) is 5.03 Å². The second-order valence-corrected chi connectivity index (χ2v) is 8.64. The van der Waals surface area contributed by atoms with Crippen molar-refractivity contribution < 1.29 is 0 Å². The van der Waals surface area contributed by atoms with Gasteiger partial charge in [-0.05, 0) is 58.7 Å². The van der Waals surface area contributed by atoms with Crippen LogP contribution in [-0.4, -0.2) is 10.2 Å². The van der Waals surface area contributed by atoms with Gasteiger partial charge in [0.15, 0.2) is 0 Å². The zero-order chi connectivity index (χ0) is 14.8. The molecule has 0 radical (unpaired) electrons. The maximum atomic E-state index is 9.40. The maximum Gasteiger partial charge on any atom is 0.110 e. The number of rotatable bonds is 2. The molecule has 1 aromatic heterocycles. The Kier molecular flexibility index (Phi) is 5.14. The largest absolute Gasteiger partial charge is 0.249 e. The molecule has 1 heterocycles. The highest BCUT2D eigenvalue weighted by Crippen LogP contribution is 2.46. The van der Waals surface area contributed by atoms with Crippen LogP contribution in [0.1, 0.15) is 40.0 Å². The van der Waals surface area contributed by atoms with E-state index in [4.69, 9.17) is 0 Å². The molecule has 1 fully saturated rings. The van der Waals surface area contributed by atoms with Crippen molar-refractivity contribution in [3.05, 3.63) is 22.8 Å². The molecule has 2 nitrogen and oxygen atoms in total. The van der Waals surface area contributed by atoms with Gasteiger partial charge < -0.3 is 0 Å². The van der Waals surface area contributed by atoms with E-state index in [-0.39, 0.29) is 5.92 Å². The van der Waals surface area contributed by atoms with E-state index in [1.165, 1.54) is 6.42 Å². The summed E-state index contributed by atoms with van der Waals surface area (Å²) in [6.07, 6.45) is 5.11. The van der Waals surface area contributed by atoms with Crippen LogP contribution in [0, 0.1) is 28.6 Å². The van der Waals surface area contributed by atoms with Crippen LogP contribution in [0.25, 0.3) is 0 Å². The molecule has 0 bridgehead atoms. The van der Waals surface area contributed by atoms with Crippen LogP contribution in [0.5, 0.6) is 0 Å². The zero-order valence-electron chi connectivity index (χ0n) is 12.3. The molecule has 0 N–H and O–H groups in total. The Balaban J connectivity index is 2.14. The lowest BCUT2D eigenvalue weighted by atomic mass is 9.70. The lowest BCUT2D eigenvalue weighted by molar-refractivity contribution is 0.169. The summed E-state index contributed by atoms with van der Waals surface area (Å²) in [4.78, 5) is 4.44. The first-order valence-electron chi connectivity index (χ1n) is 7.08. The molecule has 108 valence electrons. The lowest BCUT2D eigenvalue weighted by Crippen LogP contribution is -2.33. The molecule has 0 saturated heterocycles. The Morgan fingerprint density at radius 1 is 1.40 bits per heavy atom. The fourth-order valence-corrected chi connectivity index (χ4v) is 4.61. The Labute approximate surface area is 134 Å². The summed E-state index contributed by atoms with van der Waals surface area (Å²) in [6.45, 7) is 6.92. The molecule has 20 heavy (non-hydrogen) atoms. The molecule has 1 aliphatic rings. The van der Waals surface area contributed by atoms with Crippen molar-refractivity contribution >= 4 is 27.7 Å². The number of nitrogens with zero attached hydrogens (tertiary/aromatic N) is 2. The van der Waals surface area contributed by atoms with E-state index in [2.05, 4.69) is 47.8 Å². The van der Waals surface area contributed by atoms with Crippen LogP contribution in [-0.2, 0) is 0 Å². The standard InChI is InChI=1S/C16H21BrN2S/c1-16(2,3)12-7-6-11(10-18)14(9-12)20-15-13(17)5-4-8-19-15/h4-5,8,11-12,14H,6-7,9H2,1-3H3. The predicted molar refractivity (Wildman–Crippen MR) is 87.5 cm³/mol. The van der Waals surface area contributed by atoms with Gasteiger partial charge in [0.25, 0.3) is 0 Å². The second-order valence-electron chi connectivity index (χ2n) is 6.56. The quantitative estimate of drug-likeness (QED) is 0.725. The average molecular weight is 353 g/mol. The summed E-state index contributed by atoms with van der Waals surface area (Å²) >= 11 is 5.32. The summed E-state index contributed by atoms with van der Waals surface area (Å²) in [6, 6.07) is 6.44. The van der Waals surface area contributed by atoms with Crippen LogP contribution in [0.2, 0.25) is 0 Å². The second kappa shape index (κ2) is 6.49. The summed E-state index contributed by atoms with van der Waals surface area (Å²) < 4.78 is 1.03. The van der Waals surface area contributed by atoms with Gasteiger partial charge in [-0.2, -0.15) is 5.26 Å². The van der Waals surface area contributed by atoms with Crippen LogP contribution in [0.4, 0.5) is 0 Å². The number of nitriles is 1. The van der Waals surface area contributed by atoms with E-state index in [0.717, 1.165) is 22.3 Å². The van der Waals surface area contributed by atoms with Gasteiger partial charge in [0.2, 0.25) is 0 Å². The summed E-state index contributed by atoms with van der Waals surface area (Å²) in [5.74, 6) is 0.833. The Morgan fingerprint density at radius 3 is 2.75 bits per heavy atom. The molecule has 1 aromatic rings. The lowest BCUT2D eigenvalue weighted by Gasteiger charge is -2.39. The molecular weight excluding hydrogens is 332 g/mol.